The van der Waals surface area contributed by atoms with E-state index in [1.807, 2.05) is 12.1 Å². The number of amides is 1. The fourth-order valence-corrected chi connectivity index (χ4v) is 3.15. The van der Waals surface area contributed by atoms with Crippen molar-refractivity contribution >= 4 is 29.1 Å². The van der Waals surface area contributed by atoms with E-state index in [1.54, 1.807) is 24.1 Å². The Labute approximate surface area is 133 Å². The van der Waals surface area contributed by atoms with Crippen LogP contribution < -0.4 is 0 Å². The highest BCUT2D eigenvalue weighted by Gasteiger charge is 2.30. The van der Waals surface area contributed by atoms with Gasteiger partial charge in [0.1, 0.15) is 10.8 Å². The highest BCUT2D eigenvalue weighted by Crippen LogP contribution is 2.35. The van der Waals surface area contributed by atoms with Gasteiger partial charge in [-0.2, -0.15) is 0 Å². The molecule has 1 heterocycles. The number of rotatable bonds is 2. The van der Waals surface area contributed by atoms with Crippen LogP contribution in [-0.4, -0.2) is 22.8 Å². The molecule has 1 aromatic heterocycles. The van der Waals surface area contributed by atoms with Gasteiger partial charge in [-0.05, 0) is 36.1 Å². The van der Waals surface area contributed by atoms with Gasteiger partial charge < -0.3 is 4.90 Å². The lowest BCUT2D eigenvalue weighted by Crippen LogP contribution is -2.31. The Hall–Kier alpha value is -1.58. The van der Waals surface area contributed by atoms with E-state index in [9.17, 15) is 4.79 Å². The number of nitrogens with zero attached hydrogens (tertiary/aromatic N) is 2. The second kappa shape index (κ2) is 5.66. The fourth-order valence-electron chi connectivity index (χ4n) is 2.81. The maximum absolute atomic E-state index is 12.6. The number of carbonyl (C=O) groups excluding carboxylic acids is 1. The Morgan fingerprint density at radius 1 is 1.24 bits per heavy atom. The number of aromatic nitrogens is 1. The topological polar surface area (TPSA) is 33.2 Å². The first-order chi connectivity index (χ1) is 10.1. The molecule has 0 aliphatic heterocycles. The molecule has 0 spiro atoms. The van der Waals surface area contributed by atoms with Crippen LogP contribution in [-0.2, 0) is 6.42 Å². The largest absolute Gasteiger partial charge is 0.333 e. The number of carbonyl (C=O) groups is 1. The quantitative estimate of drug-likeness (QED) is 0.779. The van der Waals surface area contributed by atoms with E-state index in [0.717, 1.165) is 12.8 Å². The zero-order valence-electron chi connectivity index (χ0n) is 11.5. The first-order valence-corrected chi connectivity index (χ1v) is 7.50. The molecule has 1 unspecified atom stereocenters. The van der Waals surface area contributed by atoms with Crippen molar-refractivity contribution in [3.05, 3.63) is 63.4 Å². The zero-order chi connectivity index (χ0) is 15.0. The zero-order valence-corrected chi connectivity index (χ0v) is 13.0. The standard InChI is InChI=1S/C16H14Cl2N2O/c1-20(13-8-6-10-4-2-3-5-11(10)13)16(21)15-12(17)7-9-14(18)19-15/h2-5,7,9,13H,6,8H2,1H3. The Bertz CT molecular complexity index is 702. The first kappa shape index (κ1) is 14.4. The van der Waals surface area contributed by atoms with Crippen molar-refractivity contribution in [2.45, 2.75) is 18.9 Å². The SMILES string of the molecule is CN(C(=O)c1nc(Cl)ccc1Cl)C1CCc2ccccc21. The summed E-state index contributed by atoms with van der Waals surface area (Å²) in [6.07, 6.45) is 1.90. The van der Waals surface area contributed by atoms with Gasteiger partial charge in [-0.3, -0.25) is 4.79 Å². The predicted octanol–water partition coefficient (Wildman–Crippen LogP) is 4.15. The van der Waals surface area contributed by atoms with Crippen molar-refractivity contribution in [1.82, 2.24) is 9.88 Å². The summed E-state index contributed by atoms with van der Waals surface area (Å²) >= 11 is 11.9. The molecule has 0 fully saturated rings. The molecule has 21 heavy (non-hydrogen) atoms. The van der Waals surface area contributed by atoms with Gasteiger partial charge in [-0.25, -0.2) is 4.98 Å². The summed E-state index contributed by atoms with van der Waals surface area (Å²) in [5.41, 5.74) is 2.70. The van der Waals surface area contributed by atoms with Crippen LogP contribution in [0.4, 0.5) is 0 Å². The summed E-state index contributed by atoms with van der Waals surface area (Å²) in [6.45, 7) is 0. The molecule has 3 rings (SSSR count). The van der Waals surface area contributed by atoms with E-state index in [-0.39, 0.29) is 22.8 Å². The molecular formula is C16H14Cl2N2O. The number of fused-ring (bicyclic) bond motifs is 1. The number of hydrogen-bond acceptors (Lipinski definition) is 2. The third kappa shape index (κ3) is 2.63. The van der Waals surface area contributed by atoms with E-state index >= 15 is 0 Å². The van der Waals surface area contributed by atoms with Gasteiger partial charge in [-0.1, -0.05) is 47.5 Å². The van der Waals surface area contributed by atoms with Gasteiger partial charge in [-0.15, -0.1) is 0 Å². The summed E-state index contributed by atoms with van der Waals surface area (Å²) in [4.78, 5) is 18.4. The summed E-state index contributed by atoms with van der Waals surface area (Å²) in [7, 11) is 1.79. The van der Waals surface area contributed by atoms with Crippen LogP contribution in [0.25, 0.3) is 0 Å². The van der Waals surface area contributed by atoms with E-state index in [4.69, 9.17) is 23.2 Å². The number of pyridine rings is 1. The van der Waals surface area contributed by atoms with E-state index in [0.29, 0.717) is 5.02 Å². The van der Waals surface area contributed by atoms with Crippen molar-refractivity contribution in [3.8, 4) is 0 Å². The second-order valence-corrected chi connectivity index (χ2v) is 5.93. The average Bonchev–Trinajstić information content (AvgIpc) is 2.92. The summed E-state index contributed by atoms with van der Waals surface area (Å²) in [5, 5.41) is 0.588. The van der Waals surface area contributed by atoms with E-state index in [1.165, 1.54) is 11.1 Å². The lowest BCUT2D eigenvalue weighted by molar-refractivity contribution is 0.0725. The molecule has 0 saturated carbocycles. The maximum Gasteiger partial charge on any atom is 0.274 e. The van der Waals surface area contributed by atoms with Crippen LogP contribution in [0, 0.1) is 0 Å². The molecule has 0 bridgehead atoms. The number of hydrogen-bond donors (Lipinski definition) is 0. The summed E-state index contributed by atoms with van der Waals surface area (Å²) in [5.74, 6) is -0.204. The number of benzene rings is 1. The third-order valence-corrected chi connectivity index (χ3v) is 4.42. The highest BCUT2D eigenvalue weighted by atomic mass is 35.5. The molecule has 1 aromatic carbocycles. The predicted molar refractivity (Wildman–Crippen MR) is 83.9 cm³/mol. The minimum Gasteiger partial charge on any atom is -0.333 e. The molecule has 0 N–H and O–H groups in total. The average molecular weight is 321 g/mol. The van der Waals surface area contributed by atoms with Gasteiger partial charge in [0.2, 0.25) is 0 Å². The Morgan fingerprint density at radius 2 is 2.00 bits per heavy atom. The minimum absolute atomic E-state index is 0.0607. The van der Waals surface area contributed by atoms with Crippen LogP contribution in [0.15, 0.2) is 36.4 Å². The fraction of sp³-hybridized carbons (Fsp3) is 0.250. The normalized spacial score (nSPS) is 16.6. The first-order valence-electron chi connectivity index (χ1n) is 6.75. The van der Waals surface area contributed by atoms with Crippen LogP contribution in [0.1, 0.15) is 34.1 Å². The van der Waals surface area contributed by atoms with Crippen molar-refractivity contribution < 1.29 is 4.79 Å². The molecule has 1 aliphatic carbocycles. The monoisotopic (exact) mass is 320 g/mol. The van der Waals surface area contributed by atoms with Crippen LogP contribution in [0.3, 0.4) is 0 Å². The van der Waals surface area contributed by atoms with Crippen molar-refractivity contribution in [1.29, 1.82) is 0 Å². The van der Waals surface area contributed by atoms with Gasteiger partial charge in [0, 0.05) is 7.05 Å². The van der Waals surface area contributed by atoms with Gasteiger partial charge in [0.25, 0.3) is 5.91 Å². The van der Waals surface area contributed by atoms with Gasteiger partial charge >= 0.3 is 0 Å². The molecule has 2 aromatic rings. The van der Waals surface area contributed by atoms with Gasteiger partial charge in [0.05, 0.1) is 11.1 Å². The second-order valence-electron chi connectivity index (χ2n) is 5.13. The Kier molecular flexibility index (Phi) is 3.87. The maximum atomic E-state index is 12.6. The smallest absolute Gasteiger partial charge is 0.274 e. The van der Waals surface area contributed by atoms with Crippen molar-refractivity contribution in [2.75, 3.05) is 7.05 Å². The molecule has 1 amide bonds. The van der Waals surface area contributed by atoms with E-state index in [2.05, 4.69) is 17.1 Å². The summed E-state index contributed by atoms with van der Waals surface area (Å²) in [6, 6.07) is 11.4. The lowest BCUT2D eigenvalue weighted by atomic mass is 10.1. The van der Waals surface area contributed by atoms with Crippen LogP contribution in [0.2, 0.25) is 10.2 Å². The highest BCUT2D eigenvalue weighted by molar-refractivity contribution is 6.34. The molecule has 5 heteroatoms. The lowest BCUT2D eigenvalue weighted by Gasteiger charge is -2.25. The minimum atomic E-state index is -0.204. The van der Waals surface area contributed by atoms with Crippen LogP contribution >= 0.6 is 23.2 Å². The number of aryl methyl sites for hydroxylation is 1. The summed E-state index contributed by atoms with van der Waals surface area (Å²) < 4.78 is 0. The molecular weight excluding hydrogens is 307 g/mol. The molecule has 108 valence electrons. The van der Waals surface area contributed by atoms with Crippen LogP contribution in [0.5, 0.6) is 0 Å². The number of halogens is 2. The molecule has 0 saturated heterocycles. The molecule has 1 atom stereocenters. The molecule has 3 nitrogen and oxygen atoms in total. The third-order valence-electron chi connectivity index (χ3n) is 3.90. The Balaban J connectivity index is 1.91. The van der Waals surface area contributed by atoms with Crippen molar-refractivity contribution in [2.24, 2.45) is 0 Å². The molecule has 1 aliphatic rings. The molecule has 0 radical (unpaired) electrons. The van der Waals surface area contributed by atoms with Gasteiger partial charge in [0.15, 0.2) is 0 Å². The Morgan fingerprint density at radius 3 is 2.81 bits per heavy atom. The van der Waals surface area contributed by atoms with Crippen molar-refractivity contribution in [3.63, 3.8) is 0 Å². The van der Waals surface area contributed by atoms with E-state index < -0.39 is 0 Å².